The second-order valence-electron chi connectivity index (χ2n) is 5.40. The molecule has 2 aromatic heterocycles. The summed E-state index contributed by atoms with van der Waals surface area (Å²) in [6.07, 6.45) is 8.58. The Hall–Kier alpha value is -1.76. The highest BCUT2D eigenvalue weighted by atomic mass is 15.5. The number of likely N-dealkylation sites (tertiary alicyclic amines) is 1. The molecule has 7 nitrogen and oxygen atoms in total. The molecule has 1 fully saturated rings. The molecule has 1 aliphatic rings. The monoisotopic (exact) mass is 275 g/mol. The summed E-state index contributed by atoms with van der Waals surface area (Å²) in [7, 11) is 0. The minimum absolute atomic E-state index is 0.666. The highest BCUT2D eigenvalue weighted by molar-refractivity contribution is 5.43. The fourth-order valence-corrected chi connectivity index (χ4v) is 2.78. The zero-order chi connectivity index (χ0) is 13.8. The van der Waals surface area contributed by atoms with E-state index < -0.39 is 0 Å². The molecular weight excluding hydrogens is 254 g/mol. The highest BCUT2D eigenvalue weighted by Crippen LogP contribution is 2.16. The molecule has 7 heteroatoms. The van der Waals surface area contributed by atoms with Gasteiger partial charge in [0.25, 0.3) is 0 Å². The van der Waals surface area contributed by atoms with Crippen LogP contribution in [0.3, 0.4) is 0 Å². The van der Waals surface area contributed by atoms with Crippen LogP contribution >= 0.6 is 0 Å². The van der Waals surface area contributed by atoms with E-state index in [4.69, 9.17) is 0 Å². The molecule has 0 bridgehead atoms. The van der Waals surface area contributed by atoms with Crippen LogP contribution in [-0.4, -0.2) is 55.6 Å². The number of fused-ring (bicyclic) bond motifs is 1. The van der Waals surface area contributed by atoms with Gasteiger partial charge >= 0.3 is 0 Å². The maximum Gasteiger partial charge on any atom is 0.199 e. The molecule has 108 valence electrons. The number of aromatic nitrogens is 5. The lowest BCUT2D eigenvalue weighted by Gasteiger charge is -2.33. The molecule has 1 atom stereocenters. The van der Waals surface area contributed by atoms with Crippen LogP contribution in [0.1, 0.15) is 32.6 Å². The Morgan fingerprint density at radius 1 is 1.35 bits per heavy atom. The molecular formula is C13H21N7. The summed E-state index contributed by atoms with van der Waals surface area (Å²) in [6.45, 7) is 5.63. The molecule has 3 rings (SSSR count). The number of hydrogen-bond acceptors (Lipinski definition) is 6. The number of hydrogen-bond donors (Lipinski definition) is 1. The largest absolute Gasteiger partial charge is 0.369 e. The third-order valence-corrected chi connectivity index (χ3v) is 3.98. The summed E-state index contributed by atoms with van der Waals surface area (Å²) >= 11 is 0. The van der Waals surface area contributed by atoms with Gasteiger partial charge in [0.2, 0.25) is 0 Å². The molecule has 20 heavy (non-hydrogen) atoms. The summed E-state index contributed by atoms with van der Waals surface area (Å²) in [5.74, 6) is 0.846. The van der Waals surface area contributed by atoms with Crippen molar-refractivity contribution in [1.82, 2.24) is 29.9 Å². The predicted octanol–water partition coefficient (Wildman–Crippen LogP) is 1.20. The van der Waals surface area contributed by atoms with Crippen LogP contribution in [0.15, 0.2) is 12.4 Å². The van der Waals surface area contributed by atoms with Gasteiger partial charge in [-0.15, -0.1) is 5.10 Å². The van der Waals surface area contributed by atoms with Crippen molar-refractivity contribution >= 4 is 11.5 Å². The van der Waals surface area contributed by atoms with Crippen LogP contribution in [-0.2, 0) is 0 Å². The number of piperidine rings is 1. The number of anilines is 1. The van der Waals surface area contributed by atoms with E-state index in [9.17, 15) is 0 Å². The van der Waals surface area contributed by atoms with Crippen molar-refractivity contribution < 1.29 is 0 Å². The van der Waals surface area contributed by atoms with E-state index in [-0.39, 0.29) is 0 Å². The van der Waals surface area contributed by atoms with Crippen molar-refractivity contribution in [2.24, 2.45) is 0 Å². The van der Waals surface area contributed by atoms with Crippen LogP contribution in [0.5, 0.6) is 0 Å². The normalized spacial score (nSPS) is 20.4. The lowest BCUT2D eigenvalue weighted by atomic mass is 10.0. The first kappa shape index (κ1) is 13.2. The van der Waals surface area contributed by atoms with Crippen LogP contribution in [0.2, 0.25) is 0 Å². The summed E-state index contributed by atoms with van der Waals surface area (Å²) in [5, 5.41) is 14.8. The molecule has 0 amide bonds. The van der Waals surface area contributed by atoms with Crippen molar-refractivity contribution in [2.75, 3.05) is 25.0 Å². The summed E-state index contributed by atoms with van der Waals surface area (Å²) in [6, 6.07) is 0.730. The maximum atomic E-state index is 4.13. The zero-order valence-electron chi connectivity index (χ0n) is 11.9. The first-order chi connectivity index (χ1) is 9.84. The van der Waals surface area contributed by atoms with Crippen LogP contribution in [0.4, 0.5) is 5.82 Å². The standard InChI is InChI=1S/C13H21N7/c1-11-5-2-3-7-19(11)8-4-6-15-12-9-14-10-13-16-17-18-20(12)13/h9-11,15H,2-8H2,1H3. The van der Waals surface area contributed by atoms with E-state index in [0.29, 0.717) is 5.65 Å². The van der Waals surface area contributed by atoms with E-state index in [2.05, 4.69) is 37.6 Å². The predicted molar refractivity (Wildman–Crippen MR) is 76.6 cm³/mol. The molecule has 1 saturated heterocycles. The summed E-state index contributed by atoms with van der Waals surface area (Å²) < 4.78 is 1.68. The minimum atomic E-state index is 0.666. The Morgan fingerprint density at radius 3 is 3.20 bits per heavy atom. The Kier molecular flexibility index (Phi) is 4.05. The van der Waals surface area contributed by atoms with Crippen LogP contribution in [0.25, 0.3) is 5.65 Å². The second kappa shape index (κ2) is 6.13. The fourth-order valence-electron chi connectivity index (χ4n) is 2.78. The van der Waals surface area contributed by atoms with Gasteiger partial charge < -0.3 is 10.2 Å². The van der Waals surface area contributed by atoms with Crippen molar-refractivity contribution in [2.45, 2.75) is 38.6 Å². The van der Waals surface area contributed by atoms with Gasteiger partial charge in [0.1, 0.15) is 5.82 Å². The fraction of sp³-hybridized carbons (Fsp3) is 0.692. The van der Waals surface area contributed by atoms with Crippen LogP contribution < -0.4 is 5.32 Å². The number of tetrazole rings is 1. The number of nitrogens with zero attached hydrogens (tertiary/aromatic N) is 6. The third-order valence-electron chi connectivity index (χ3n) is 3.98. The van der Waals surface area contributed by atoms with Gasteiger partial charge in [-0.05, 0) is 43.2 Å². The summed E-state index contributed by atoms with van der Waals surface area (Å²) in [4.78, 5) is 6.71. The lowest BCUT2D eigenvalue weighted by Crippen LogP contribution is -2.38. The maximum absolute atomic E-state index is 4.13. The topological polar surface area (TPSA) is 71.2 Å². The molecule has 0 radical (unpaired) electrons. The molecule has 0 aromatic carbocycles. The quantitative estimate of drug-likeness (QED) is 0.827. The molecule has 3 heterocycles. The average Bonchev–Trinajstić information content (AvgIpc) is 2.94. The minimum Gasteiger partial charge on any atom is -0.369 e. The second-order valence-corrected chi connectivity index (χ2v) is 5.40. The van der Waals surface area contributed by atoms with Gasteiger partial charge in [0.15, 0.2) is 5.65 Å². The number of nitrogens with one attached hydrogen (secondary N) is 1. The summed E-state index contributed by atoms with van der Waals surface area (Å²) in [5.41, 5.74) is 0.666. The van der Waals surface area contributed by atoms with Gasteiger partial charge in [0.05, 0.1) is 12.4 Å². The zero-order valence-corrected chi connectivity index (χ0v) is 11.9. The molecule has 0 aliphatic carbocycles. The van der Waals surface area contributed by atoms with Crippen molar-refractivity contribution in [1.29, 1.82) is 0 Å². The molecule has 0 saturated carbocycles. The average molecular weight is 275 g/mol. The van der Waals surface area contributed by atoms with Gasteiger partial charge in [-0.1, -0.05) is 6.42 Å². The Morgan fingerprint density at radius 2 is 2.30 bits per heavy atom. The van der Waals surface area contributed by atoms with E-state index >= 15 is 0 Å². The Bertz CT molecular complexity index is 552. The first-order valence-electron chi connectivity index (χ1n) is 7.34. The SMILES string of the molecule is CC1CCCCN1CCCNc1cncc2nnnn12. The van der Waals surface area contributed by atoms with Gasteiger partial charge in [-0.25, -0.2) is 0 Å². The first-order valence-corrected chi connectivity index (χ1v) is 7.34. The number of rotatable bonds is 5. The van der Waals surface area contributed by atoms with Gasteiger partial charge in [-0.2, -0.15) is 4.52 Å². The van der Waals surface area contributed by atoms with E-state index in [1.54, 1.807) is 16.9 Å². The van der Waals surface area contributed by atoms with Crippen LogP contribution in [0, 0.1) is 0 Å². The Labute approximate surface area is 118 Å². The smallest absolute Gasteiger partial charge is 0.199 e. The molecule has 0 spiro atoms. The highest BCUT2D eigenvalue weighted by Gasteiger charge is 2.17. The molecule has 1 aliphatic heterocycles. The van der Waals surface area contributed by atoms with Crippen molar-refractivity contribution in [3.63, 3.8) is 0 Å². The van der Waals surface area contributed by atoms with E-state index in [1.165, 1.54) is 25.8 Å². The molecule has 2 aromatic rings. The Balaban J connectivity index is 1.49. The molecule has 1 N–H and O–H groups in total. The van der Waals surface area contributed by atoms with Crippen molar-refractivity contribution in [3.05, 3.63) is 12.4 Å². The van der Waals surface area contributed by atoms with E-state index in [1.807, 2.05) is 0 Å². The van der Waals surface area contributed by atoms with Gasteiger partial charge in [0, 0.05) is 19.1 Å². The van der Waals surface area contributed by atoms with Gasteiger partial charge in [-0.3, -0.25) is 4.98 Å². The lowest BCUT2D eigenvalue weighted by molar-refractivity contribution is 0.160. The van der Waals surface area contributed by atoms with E-state index in [0.717, 1.165) is 31.4 Å². The third kappa shape index (κ3) is 2.87. The molecule has 1 unspecified atom stereocenters. The van der Waals surface area contributed by atoms with Crippen molar-refractivity contribution in [3.8, 4) is 0 Å².